The van der Waals surface area contributed by atoms with E-state index in [2.05, 4.69) is 13.8 Å². The summed E-state index contributed by atoms with van der Waals surface area (Å²) in [6, 6.07) is 12.2. The van der Waals surface area contributed by atoms with Crippen molar-refractivity contribution < 1.29 is 24.4 Å². The number of ether oxygens (including phenoxy) is 1. The summed E-state index contributed by atoms with van der Waals surface area (Å²) in [6.45, 7) is 8.66. The summed E-state index contributed by atoms with van der Waals surface area (Å²) in [4.78, 5) is 38.1. The highest BCUT2D eigenvalue weighted by molar-refractivity contribution is 6.46. The zero-order valence-electron chi connectivity index (χ0n) is 19.9. The Labute approximate surface area is 199 Å². The fourth-order valence-electron chi connectivity index (χ4n) is 4.00. The molecule has 34 heavy (non-hydrogen) atoms. The molecule has 2 aromatic rings. The average Bonchev–Trinajstić information content (AvgIpc) is 3.06. The minimum atomic E-state index is -0.813. The Morgan fingerprint density at radius 3 is 2.38 bits per heavy atom. The van der Waals surface area contributed by atoms with Gasteiger partial charge in [-0.3, -0.25) is 19.7 Å². The van der Waals surface area contributed by atoms with Crippen molar-refractivity contribution >= 4 is 23.1 Å². The molecular weight excluding hydrogens is 436 g/mol. The Morgan fingerprint density at radius 2 is 1.79 bits per heavy atom. The Kier molecular flexibility index (Phi) is 7.83. The molecular formula is C26H30N2O6. The number of amides is 1. The van der Waals surface area contributed by atoms with Gasteiger partial charge >= 0.3 is 0 Å². The van der Waals surface area contributed by atoms with Gasteiger partial charge in [-0.25, -0.2) is 0 Å². The van der Waals surface area contributed by atoms with Gasteiger partial charge in [0.1, 0.15) is 5.76 Å². The first-order chi connectivity index (χ1) is 16.1. The lowest BCUT2D eigenvalue weighted by molar-refractivity contribution is -0.384. The predicted molar refractivity (Wildman–Crippen MR) is 128 cm³/mol. The molecule has 0 unspecified atom stereocenters. The van der Waals surface area contributed by atoms with Gasteiger partial charge < -0.3 is 14.7 Å². The van der Waals surface area contributed by atoms with Gasteiger partial charge in [0.05, 0.1) is 22.6 Å². The van der Waals surface area contributed by atoms with Gasteiger partial charge in [-0.1, -0.05) is 50.2 Å². The van der Waals surface area contributed by atoms with E-state index in [9.17, 15) is 24.8 Å². The highest BCUT2D eigenvalue weighted by Crippen LogP contribution is 2.40. The first kappa shape index (κ1) is 25.1. The third-order valence-corrected chi connectivity index (χ3v) is 5.78. The molecule has 0 aromatic heterocycles. The molecule has 1 saturated heterocycles. The third kappa shape index (κ3) is 5.34. The van der Waals surface area contributed by atoms with E-state index >= 15 is 0 Å². The lowest BCUT2D eigenvalue weighted by Crippen LogP contribution is -2.31. The monoisotopic (exact) mass is 466 g/mol. The molecule has 2 aromatic carbocycles. The van der Waals surface area contributed by atoms with Crippen LogP contribution in [0, 0.1) is 10.1 Å². The number of aliphatic hydroxyl groups is 1. The largest absolute Gasteiger partial charge is 0.507 e. The van der Waals surface area contributed by atoms with E-state index in [4.69, 9.17) is 4.74 Å². The van der Waals surface area contributed by atoms with Crippen LogP contribution in [0.1, 0.15) is 62.8 Å². The zero-order valence-corrected chi connectivity index (χ0v) is 19.9. The first-order valence-electron chi connectivity index (χ1n) is 11.4. The zero-order chi connectivity index (χ0) is 25.0. The molecule has 0 spiro atoms. The Balaban J connectivity index is 2.07. The molecule has 8 heteroatoms. The van der Waals surface area contributed by atoms with Crippen molar-refractivity contribution in [3.8, 4) is 0 Å². The molecule has 0 aliphatic carbocycles. The van der Waals surface area contributed by atoms with Crippen LogP contribution in [-0.2, 0) is 14.3 Å². The Hall–Kier alpha value is -3.52. The van der Waals surface area contributed by atoms with E-state index < -0.39 is 28.4 Å². The number of hydrogen-bond acceptors (Lipinski definition) is 6. The van der Waals surface area contributed by atoms with Crippen molar-refractivity contribution in [3.05, 3.63) is 80.9 Å². The van der Waals surface area contributed by atoms with Crippen LogP contribution in [-0.4, -0.2) is 45.9 Å². The molecule has 1 atom stereocenters. The minimum Gasteiger partial charge on any atom is -0.507 e. The number of likely N-dealkylation sites (tertiary alicyclic amines) is 1. The number of Topliss-reactive ketones (excluding diaryl/α,β-unsaturated/α-hetero) is 1. The number of nitro benzene ring substituents is 1. The number of carbonyl (C=O) groups excluding carboxylic acids is 2. The van der Waals surface area contributed by atoms with Gasteiger partial charge in [-0.05, 0) is 37.3 Å². The van der Waals surface area contributed by atoms with Crippen LogP contribution in [0.4, 0.5) is 5.69 Å². The molecule has 1 heterocycles. The highest BCUT2D eigenvalue weighted by atomic mass is 16.6. The molecule has 1 fully saturated rings. The van der Waals surface area contributed by atoms with Crippen molar-refractivity contribution in [2.24, 2.45) is 0 Å². The number of carbonyl (C=O) groups is 2. The van der Waals surface area contributed by atoms with Crippen molar-refractivity contribution in [1.82, 2.24) is 4.90 Å². The van der Waals surface area contributed by atoms with E-state index in [1.165, 1.54) is 29.2 Å². The Bertz CT molecular complexity index is 1100. The van der Waals surface area contributed by atoms with Gasteiger partial charge in [-0.2, -0.15) is 0 Å². The SMILES string of the molecule is CC(C)OCCCN1C(=O)C(=O)C(=C(O)c2cccc([N+](=O)[O-])c2)[C@H]1c1ccc(C(C)C)cc1. The van der Waals surface area contributed by atoms with Crippen LogP contribution in [0.25, 0.3) is 5.76 Å². The van der Waals surface area contributed by atoms with Gasteiger partial charge in [0.25, 0.3) is 17.4 Å². The van der Waals surface area contributed by atoms with E-state index in [1.54, 1.807) is 0 Å². The smallest absolute Gasteiger partial charge is 0.295 e. The second-order valence-corrected chi connectivity index (χ2v) is 8.89. The summed E-state index contributed by atoms with van der Waals surface area (Å²) < 4.78 is 5.58. The average molecular weight is 467 g/mol. The van der Waals surface area contributed by atoms with Crippen LogP contribution in [0.15, 0.2) is 54.1 Å². The van der Waals surface area contributed by atoms with Crippen LogP contribution in [0.5, 0.6) is 0 Å². The lowest BCUT2D eigenvalue weighted by Gasteiger charge is -2.26. The summed E-state index contributed by atoms with van der Waals surface area (Å²) in [7, 11) is 0. The topological polar surface area (TPSA) is 110 Å². The molecule has 3 rings (SSSR count). The lowest BCUT2D eigenvalue weighted by atomic mass is 9.93. The maximum atomic E-state index is 13.1. The van der Waals surface area contributed by atoms with E-state index in [-0.39, 0.29) is 29.5 Å². The van der Waals surface area contributed by atoms with Gasteiger partial charge in [-0.15, -0.1) is 0 Å². The molecule has 0 radical (unpaired) electrons. The number of aliphatic hydroxyl groups excluding tert-OH is 1. The number of non-ortho nitro benzene ring substituents is 1. The first-order valence-corrected chi connectivity index (χ1v) is 11.4. The second-order valence-electron chi connectivity index (χ2n) is 8.89. The minimum absolute atomic E-state index is 0.0451. The number of hydrogen-bond donors (Lipinski definition) is 1. The maximum absolute atomic E-state index is 13.1. The normalized spacial score (nSPS) is 17.7. The number of nitro groups is 1. The number of nitrogens with zero attached hydrogens (tertiary/aromatic N) is 2. The number of benzene rings is 2. The highest BCUT2D eigenvalue weighted by Gasteiger charge is 2.45. The van der Waals surface area contributed by atoms with Gasteiger partial charge in [0.2, 0.25) is 0 Å². The predicted octanol–water partition coefficient (Wildman–Crippen LogP) is 4.96. The van der Waals surface area contributed by atoms with Crippen molar-refractivity contribution in [2.75, 3.05) is 13.2 Å². The van der Waals surface area contributed by atoms with Crippen molar-refractivity contribution in [2.45, 2.75) is 52.2 Å². The fourth-order valence-corrected chi connectivity index (χ4v) is 4.00. The summed E-state index contributed by atoms with van der Waals surface area (Å²) in [5.41, 5.74) is 1.60. The molecule has 8 nitrogen and oxygen atoms in total. The van der Waals surface area contributed by atoms with Gasteiger partial charge in [0.15, 0.2) is 0 Å². The standard InChI is InChI=1S/C26H30N2O6/c1-16(2)18-9-11-19(12-10-18)23-22(24(29)20-7-5-8-21(15-20)28(32)33)25(30)26(31)27(23)13-6-14-34-17(3)4/h5,7-12,15-17,23,29H,6,13-14H2,1-4H3/t23-/m1/s1. The van der Waals surface area contributed by atoms with E-state index in [0.717, 1.165) is 5.56 Å². The van der Waals surface area contributed by atoms with Crippen LogP contribution >= 0.6 is 0 Å². The maximum Gasteiger partial charge on any atom is 0.295 e. The molecule has 0 saturated carbocycles. The summed E-state index contributed by atoms with van der Waals surface area (Å²) in [6.07, 6.45) is 0.562. The number of ketones is 1. The van der Waals surface area contributed by atoms with Crippen molar-refractivity contribution in [3.63, 3.8) is 0 Å². The molecule has 1 aliphatic heterocycles. The third-order valence-electron chi connectivity index (χ3n) is 5.78. The van der Waals surface area contributed by atoms with Crippen molar-refractivity contribution in [1.29, 1.82) is 0 Å². The van der Waals surface area contributed by atoms with E-state index in [0.29, 0.717) is 24.5 Å². The summed E-state index contributed by atoms with van der Waals surface area (Å²) in [5.74, 6) is -1.65. The molecule has 1 amide bonds. The quantitative estimate of drug-likeness (QED) is 0.140. The molecule has 0 bridgehead atoms. The molecule has 1 N–H and O–H groups in total. The van der Waals surface area contributed by atoms with E-state index in [1.807, 2.05) is 38.1 Å². The summed E-state index contributed by atoms with van der Waals surface area (Å²) >= 11 is 0. The van der Waals surface area contributed by atoms with Crippen LogP contribution in [0.3, 0.4) is 0 Å². The molecule has 180 valence electrons. The van der Waals surface area contributed by atoms with Crippen LogP contribution in [0.2, 0.25) is 0 Å². The Morgan fingerprint density at radius 1 is 1.12 bits per heavy atom. The van der Waals surface area contributed by atoms with Gasteiger partial charge in [0, 0.05) is 30.8 Å². The number of rotatable bonds is 9. The van der Waals surface area contributed by atoms with Crippen LogP contribution < -0.4 is 0 Å². The second kappa shape index (κ2) is 10.6. The molecule has 1 aliphatic rings. The fraction of sp³-hybridized carbons (Fsp3) is 0.385. The summed E-state index contributed by atoms with van der Waals surface area (Å²) in [5, 5.41) is 22.3.